The molecule has 1 amide bonds. The van der Waals surface area contributed by atoms with Crippen molar-refractivity contribution in [3.05, 3.63) is 24.3 Å². The summed E-state index contributed by atoms with van der Waals surface area (Å²) in [5.74, 6) is 1.54. The number of likely N-dealkylation sites (tertiary alicyclic amines) is 1. The minimum absolute atomic E-state index is 0.0873. The van der Waals surface area contributed by atoms with Crippen LogP contribution in [0.4, 0.5) is 5.69 Å². The molecule has 2 unspecified atom stereocenters. The molecule has 1 saturated heterocycles. The first-order chi connectivity index (χ1) is 13.5. The number of nitrogens with one attached hydrogen (secondary N) is 1. The molecule has 0 aromatic heterocycles. The summed E-state index contributed by atoms with van der Waals surface area (Å²) in [4.78, 5) is 15.2. The molecule has 1 aromatic carbocycles. The normalized spacial score (nSPS) is 19.8. The summed E-state index contributed by atoms with van der Waals surface area (Å²) in [5, 5.41) is 2.99. The third kappa shape index (κ3) is 7.10. The summed E-state index contributed by atoms with van der Waals surface area (Å²) in [6.07, 6.45) is 5.35. The Morgan fingerprint density at radius 2 is 2.04 bits per heavy atom. The number of unbranched alkanes of at least 4 members (excludes halogenated alkanes) is 1. The molecule has 1 aliphatic heterocycles. The smallest absolute Gasteiger partial charge is 0.256 e. The second-order valence-electron chi connectivity index (χ2n) is 8.14. The van der Waals surface area contributed by atoms with Crippen LogP contribution in [0.2, 0.25) is 0 Å². The number of amides is 1. The molecule has 5 heteroatoms. The molecule has 5 nitrogen and oxygen atoms in total. The van der Waals surface area contributed by atoms with Gasteiger partial charge in [0.15, 0.2) is 0 Å². The quantitative estimate of drug-likeness (QED) is 0.594. The molecule has 2 rings (SSSR count). The largest absolute Gasteiger partial charge is 0.492 e. The zero-order valence-electron chi connectivity index (χ0n) is 18.1. The van der Waals surface area contributed by atoms with Crippen molar-refractivity contribution >= 4 is 11.6 Å². The van der Waals surface area contributed by atoms with Gasteiger partial charge in [-0.25, -0.2) is 0 Å². The number of rotatable bonds is 11. The molecule has 0 aliphatic carbocycles. The van der Waals surface area contributed by atoms with E-state index in [1.165, 1.54) is 25.9 Å². The van der Waals surface area contributed by atoms with Crippen molar-refractivity contribution in [3.63, 3.8) is 0 Å². The first-order valence-electron chi connectivity index (χ1n) is 10.9. The fourth-order valence-corrected chi connectivity index (χ4v) is 3.76. The van der Waals surface area contributed by atoms with Gasteiger partial charge in [-0.3, -0.25) is 9.69 Å². The maximum absolute atomic E-state index is 12.7. The summed E-state index contributed by atoms with van der Waals surface area (Å²) in [6.45, 7) is 12.8. The van der Waals surface area contributed by atoms with Crippen LogP contribution in [0.25, 0.3) is 0 Å². The van der Waals surface area contributed by atoms with Crippen molar-refractivity contribution in [2.45, 2.75) is 65.4 Å². The molecule has 1 aromatic rings. The van der Waals surface area contributed by atoms with E-state index in [1.807, 2.05) is 38.1 Å². The summed E-state index contributed by atoms with van der Waals surface area (Å²) in [5.41, 5.74) is -0.0180. The lowest BCUT2D eigenvalue weighted by Crippen LogP contribution is -2.42. The van der Waals surface area contributed by atoms with Gasteiger partial charge in [0.1, 0.15) is 18.0 Å². The molecule has 0 spiro atoms. The predicted molar refractivity (Wildman–Crippen MR) is 115 cm³/mol. The Balaban J connectivity index is 1.81. The van der Waals surface area contributed by atoms with Crippen molar-refractivity contribution < 1.29 is 14.3 Å². The van der Waals surface area contributed by atoms with Gasteiger partial charge in [-0.2, -0.15) is 0 Å². The molecule has 0 bridgehead atoms. The Kier molecular flexibility index (Phi) is 9.26. The summed E-state index contributed by atoms with van der Waals surface area (Å²) in [6, 6.07) is 7.61. The lowest BCUT2D eigenvalue weighted by molar-refractivity contribution is -0.139. The molecular weight excluding hydrogens is 352 g/mol. The second kappa shape index (κ2) is 11.4. The van der Waals surface area contributed by atoms with E-state index in [-0.39, 0.29) is 5.91 Å². The average molecular weight is 391 g/mol. The standard InChI is InChI=1S/C23H38N2O3/c1-5-7-14-23(4,28-6-2)22(26)24-20-10-12-21(13-11-20)27-17-16-25-15-8-9-19(3)18-25/h10-13,19H,5-9,14-18H2,1-4H3,(H,24,26). The third-order valence-electron chi connectivity index (χ3n) is 5.48. The number of carbonyl (C=O) groups is 1. The Hall–Kier alpha value is -1.59. The number of hydrogen-bond donors (Lipinski definition) is 1. The molecular formula is C23H38N2O3. The monoisotopic (exact) mass is 390 g/mol. The molecule has 158 valence electrons. The minimum Gasteiger partial charge on any atom is -0.492 e. The van der Waals surface area contributed by atoms with E-state index in [0.29, 0.717) is 13.2 Å². The Morgan fingerprint density at radius 1 is 1.29 bits per heavy atom. The van der Waals surface area contributed by atoms with Gasteiger partial charge in [-0.15, -0.1) is 0 Å². The number of carbonyl (C=O) groups excluding carboxylic acids is 1. The van der Waals surface area contributed by atoms with Gasteiger partial charge >= 0.3 is 0 Å². The van der Waals surface area contributed by atoms with Crippen molar-refractivity contribution in [2.75, 3.05) is 38.2 Å². The minimum atomic E-state index is -0.786. The van der Waals surface area contributed by atoms with Gasteiger partial charge in [0.25, 0.3) is 5.91 Å². The van der Waals surface area contributed by atoms with E-state index < -0.39 is 5.60 Å². The van der Waals surface area contributed by atoms with E-state index in [4.69, 9.17) is 9.47 Å². The molecule has 1 aliphatic rings. The maximum Gasteiger partial charge on any atom is 0.256 e. The molecule has 0 radical (unpaired) electrons. The van der Waals surface area contributed by atoms with Crippen molar-refractivity contribution in [2.24, 2.45) is 5.92 Å². The number of benzene rings is 1. The number of ether oxygens (including phenoxy) is 2. The van der Waals surface area contributed by atoms with Crippen molar-refractivity contribution in [3.8, 4) is 5.75 Å². The van der Waals surface area contributed by atoms with Crippen LogP contribution < -0.4 is 10.1 Å². The first kappa shape index (κ1) is 22.7. The van der Waals surface area contributed by atoms with Crippen LogP contribution in [0.15, 0.2) is 24.3 Å². The molecule has 1 N–H and O–H groups in total. The van der Waals surface area contributed by atoms with Gasteiger partial charge in [0.2, 0.25) is 0 Å². The summed E-state index contributed by atoms with van der Waals surface area (Å²) in [7, 11) is 0. The Morgan fingerprint density at radius 3 is 2.68 bits per heavy atom. The first-order valence-corrected chi connectivity index (χ1v) is 10.9. The highest BCUT2D eigenvalue weighted by molar-refractivity contribution is 5.97. The van der Waals surface area contributed by atoms with Crippen LogP contribution >= 0.6 is 0 Å². The van der Waals surface area contributed by atoms with Crippen LogP contribution in [-0.2, 0) is 9.53 Å². The van der Waals surface area contributed by atoms with E-state index in [9.17, 15) is 4.79 Å². The van der Waals surface area contributed by atoms with E-state index in [0.717, 1.165) is 43.2 Å². The highest BCUT2D eigenvalue weighted by Gasteiger charge is 2.33. The van der Waals surface area contributed by atoms with E-state index in [2.05, 4.69) is 24.1 Å². The van der Waals surface area contributed by atoms with E-state index >= 15 is 0 Å². The van der Waals surface area contributed by atoms with Crippen LogP contribution in [-0.4, -0.2) is 49.3 Å². The number of nitrogens with zero attached hydrogens (tertiary/aromatic N) is 1. The van der Waals surface area contributed by atoms with Crippen molar-refractivity contribution in [1.82, 2.24) is 4.90 Å². The Labute approximate surface area is 170 Å². The lowest BCUT2D eigenvalue weighted by Gasteiger charge is -2.30. The molecule has 0 saturated carbocycles. The maximum atomic E-state index is 12.7. The summed E-state index contributed by atoms with van der Waals surface area (Å²) >= 11 is 0. The number of piperidine rings is 1. The van der Waals surface area contributed by atoms with Crippen LogP contribution in [0.1, 0.15) is 59.8 Å². The van der Waals surface area contributed by atoms with Crippen LogP contribution in [0.3, 0.4) is 0 Å². The van der Waals surface area contributed by atoms with Crippen LogP contribution in [0.5, 0.6) is 5.75 Å². The third-order valence-corrected chi connectivity index (χ3v) is 5.48. The number of anilines is 1. The zero-order valence-corrected chi connectivity index (χ0v) is 18.1. The fraction of sp³-hybridized carbons (Fsp3) is 0.696. The number of hydrogen-bond acceptors (Lipinski definition) is 4. The molecule has 1 fully saturated rings. The molecule has 28 heavy (non-hydrogen) atoms. The van der Waals surface area contributed by atoms with Gasteiger partial charge in [-0.05, 0) is 69.8 Å². The van der Waals surface area contributed by atoms with Crippen molar-refractivity contribution in [1.29, 1.82) is 0 Å². The lowest BCUT2D eigenvalue weighted by atomic mass is 9.97. The van der Waals surface area contributed by atoms with Gasteiger partial charge in [0, 0.05) is 25.4 Å². The zero-order chi connectivity index (χ0) is 20.4. The molecule has 2 atom stereocenters. The van der Waals surface area contributed by atoms with E-state index in [1.54, 1.807) is 0 Å². The van der Waals surface area contributed by atoms with Crippen LogP contribution in [0, 0.1) is 5.92 Å². The topological polar surface area (TPSA) is 50.8 Å². The SMILES string of the molecule is CCCCC(C)(OCC)C(=O)Nc1ccc(OCCN2CCCC(C)C2)cc1. The fourth-order valence-electron chi connectivity index (χ4n) is 3.76. The highest BCUT2D eigenvalue weighted by atomic mass is 16.5. The van der Waals surface area contributed by atoms with Gasteiger partial charge < -0.3 is 14.8 Å². The predicted octanol–water partition coefficient (Wildman–Crippen LogP) is 4.72. The molecule has 1 heterocycles. The van der Waals surface area contributed by atoms with Gasteiger partial charge in [0.05, 0.1) is 0 Å². The average Bonchev–Trinajstić information content (AvgIpc) is 2.68. The summed E-state index contributed by atoms with van der Waals surface area (Å²) < 4.78 is 11.6. The Bertz CT molecular complexity index is 590. The highest BCUT2D eigenvalue weighted by Crippen LogP contribution is 2.23. The second-order valence-corrected chi connectivity index (χ2v) is 8.14. The van der Waals surface area contributed by atoms with Gasteiger partial charge in [-0.1, -0.05) is 26.7 Å².